The molecule has 0 N–H and O–H groups in total. The molecule has 0 fully saturated rings. The van der Waals surface area contributed by atoms with Crippen LogP contribution in [0.2, 0.25) is 0 Å². The quantitative estimate of drug-likeness (QED) is 0.657. The maximum atomic E-state index is 12.9. The number of benzene rings is 2. The third kappa shape index (κ3) is 4.48. The summed E-state index contributed by atoms with van der Waals surface area (Å²) in [6.07, 6.45) is 2.38. The van der Waals surface area contributed by atoms with Gasteiger partial charge in [-0.05, 0) is 68.8 Å². The second kappa shape index (κ2) is 7.83. The van der Waals surface area contributed by atoms with Crippen LogP contribution in [0.3, 0.4) is 0 Å². The minimum absolute atomic E-state index is 0.258. The Labute approximate surface area is 132 Å². The molecule has 118 valence electrons. The van der Waals surface area contributed by atoms with Gasteiger partial charge in [-0.3, -0.25) is 0 Å². The van der Waals surface area contributed by atoms with E-state index in [9.17, 15) is 4.39 Å². The van der Waals surface area contributed by atoms with E-state index in [0.717, 1.165) is 12.3 Å². The van der Waals surface area contributed by atoms with Crippen molar-refractivity contribution in [2.24, 2.45) is 0 Å². The molecule has 2 aromatic carbocycles. The summed E-state index contributed by atoms with van der Waals surface area (Å²) in [5.41, 5.74) is 1.20. The summed E-state index contributed by atoms with van der Waals surface area (Å²) >= 11 is 0. The molecule has 22 heavy (non-hydrogen) atoms. The zero-order valence-electron chi connectivity index (χ0n) is 13.6. The molecule has 0 radical (unpaired) electrons. The fourth-order valence-electron chi connectivity index (χ4n) is 2.36. The highest BCUT2D eigenvalue weighted by Crippen LogP contribution is 2.25. The van der Waals surface area contributed by atoms with Crippen molar-refractivity contribution in [3.05, 3.63) is 54.3 Å². The molecule has 0 aliphatic rings. The van der Waals surface area contributed by atoms with E-state index in [0.29, 0.717) is 11.8 Å². The Morgan fingerprint density at radius 1 is 0.955 bits per heavy atom. The lowest BCUT2D eigenvalue weighted by Gasteiger charge is -2.29. The van der Waals surface area contributed by atoms with E-state index in [-0.39, 0.29) is 5.82 Å². The van der Waals surface area contributed by atoms with Crippen molar-refractivity contribution in [3.63, 3.8) is 0 Å². The maximum Gasteiger partial charge on any atom is 0.127 e. The Bertz CT molecular complexity index is 563. The molecule has 0 saturated carbocycles. The van der Waals surface area contributed by atoms with Crippen molar-refractivity contribution in [3.8, 4) is 11.5 Å². The summed E-state index contributed by atoms with van der Waals surface area (Å²) < 4.78 is 18.6. The van der Waals surface area contributed by atoms with Gasteiger partial charge in [0, 0.05) is 18.3 Å². The molecule has 0 aliphatic carbocycles. The lowest BCUT2D eigenvalue weighted by molar-refractivity contribution is 0.480. The first kappa shape index (κ1) is 16.3. The third-order valence-electron chi connectivity index (χ3n) is 3.59. The summed E-state index contributed by atoms with van der Waals surface area (Å²) in [6.45, 7) is 7.68. The first-order valence-electron chi connectivity index (χ1n) is 7.90. The zero-order chi connectivity index (χ0) is 15.9. The van der Waals surface area contributed by atoms with Gasteiger partial charge < -0.3 is 9.64 Å². The normalized spacial score (nSPS) is 10.8. The van der Waals surface area contributed by atoms with Crippen molar-refractivity contribution in [1.29, 1.82) is 0 Å². The highest BCUT2D eigenvalue weighted by atomic mass is 19.1. The van der Waals surface area contributed by atoms with Gasteiger partial charge in [0.1, 0.15) is 17.3 Å². The molecule has 2 rings (SSSR count). The van der Waals surface area contributed by atoms with Gasteiger partial charge in [0.15, 0.2) is 0 Å². The highest BCUT2D eigenvalue weighted by Gasteiger charge is 2.10. The summed E-state index contributed by atoms with van der Waals surface area (Å²) in [5.74, 6) is 1.14. The number of unbranched alkanes of at least 4 members (excludes halogenated alkanes) is 1. The molecular formula is C19H24FNO. The van der Waals surface area contributed by atoms with Crippen molar-refractivity contribution < 1.29 is 9.13 Å². The monoisotopic (exact) mass is 301 g/mol. The molecule has 0 amide bonds. The van der Waals surface area contributed by atoms with E-state index in [1.165, 1.54) is 30.7 Å². The van der Waals surface area contributed by atoms with Gasteiger partial charge in [-0.25, -0.2) is 4.39 Å². The van der Waals surface area contributed by atoms with E-state index >= 15 is 0 Å². The number of anilines is 1. The van der Waals surface area contributed by atoms with Crippen LogP contribution in [0.25, 0.3) is 0 Å². The predicted octanol–water partition coefficient (Wildman–Crippen LogP) is 5.63. The first-order valence-corrected chi connectivity index (χ1v) is 7.90. The van der Waals surface area contributed by atoms with Crippen LogP contribution in [0.4, 0.5) is 10.1 Å². The van der Waals surface area contributed by atoms with Gasteiger partial charge in [0.05, 0.1) is 0 Å². The number of halogens is 1. The zero-order valence-corrected chi connectivity index (χ0v) is 13.6. The number of nitrogens with zero attached hydrogens (tertiary/aromatic N) is 1. The SMILES string of the molecule is CCCCN(c1ccc(Oc2ccc(F)cc2)cc1)C(C)C. The van der Waals surface area contributed by atoms with Crippen LogP contribution in [-0.4, -0.2) is 12.6 Å². The molecule has 0 unspecified atom stereocenters. The van der Waals surface area contributed by atoms with Gasteiger partial charge in [-0.2, -0.15) is 0 Å². The van der Waals surface area contributed by atoms with E-state index in [1.54, 1.807) is 12.1 Å². The highest BCUT2D eigenvalue weighted by molar-refractivity contribution is 5.50. The lowest BCUT2D eigenvalue weighted by atomic mass is 10.2. The van der Waals surface area contributed by atoms with Crippen LogP contribution >= 0.6 is 0 Å². The fraction of sp³-hybridized carbons (Fsp3) is 0.368. The molecule has 2 nitrogen and oxygen atoms in total. The number of hydrogen-bond acceptors (Lipinski definition) is 2. The van der Waals surface area contributed by atoms with Crippen LogP contribution < -0.4 is 9.64 Å². The molecule has 0 heterocycles. The second-order valence-corrected chi connectivity index (χ2v) is 5.69. The molecule has 0 saturated heterocycles. The number of rotatable bonds is 7. The average Bonchev–Trinajstić information content (AvgIpc) is 2.51. The lowest BCUT2D eigenvalue weighted by Crippen LogP contribution is -2.31. The van der Waals surface area contributed by atoms with E-state index < -0.39 is 0 Å². The Balaban J connectivity index is 2.06. The van der Waals surface area contributed by atoms with Crippen LogP contribution in [0.1, 0.15) is 33.6 Å². The van der Waals surface area contributed by atoms with Crippen LogP contribution in [-0.2, 0) is 0 Å². The molecular weight excluding hydrogens is 277 g/mol. The maximum absolute atomic E-state index is 12.9. The van der Waals surface area contributed by atoms with Crippen molar-refractivity contribution >= 4 is 5.69 Å². The average molecular weight is 301 g/mol. The topological polar surface area (TPSA) is 12.5 Å². The molecule has 0 bridgehead atoms. The Morgan fingerprint density at radius 2 is 1.50 bits per heavy atom. The third-order valence-corrected chi connectivity index (χ3v) is 3.59. The van der Waals surface area contributed by atoms with Gasteiger partial charge in [0.2, 0.25) is 0 Å². The van der Waals surface area contributed by atoms with Gasteiger partial charge in [-0.15, -0.1) is 0 Å². The van der Waals surface area contributed by atoms with Gasteiger partial charge in [-0.1, -0.05) is 13.3 Å². The Hall–Kier alpha value is -2.03. The van der Waals surface area contributed by atoms with E-state index in [2.05, 4.69) is 37.8 Å². The molecule has 0 spiro atoms. The molecule has 0 aliphatic heterocycles. The van der Waals surface area contributed by atoms with E-state index in [1.807, 2.05) is 12.1 Å². The number of ether oxygens (including phenoxy) is 1. The molecule has 2 aromatic rings. The van der Waals surface area contributed by atoms with Crippen molar-refractivity contribution in [1.82, 2.24) is 0 Å². The summed E-state index contributed by atoms with van der Waals surface area (Å²) in [7, 11) is 0. The van der Waals surface area contributed by atoms with E-state index in [4.69, 9.17) is 4.74 Å². The first-order chi connectivity index (χ1) is 10.6. The summed E-state index contributed by atoms with van der Waals surface area (Å²) in [5, 5.41) is 0. The second-order valence-electron chi connectivity index (χ2n) is 5.69. The van der Waals surface area contributed by atoms with Crippen molar-refractivity contribution in [2.75, 3.05) is 11.4 Å². The van der Waals surface area contributed by atoms with Crippen molar-refractivity contribution in [2.45, 2.75) is 39.7 Å². The van der Waals surface area contributed by atoms with Gasteiger partial charge in [0.25, 0.3) is 0 Å². The minimum Gasteiger partial charge on any atom is -0.457 e. The molecule has 0 atom stereocenters. The summed E-state index contributed by atoms with van der Waals surface area (Å²) in [6, 6.07) is 14.6. The Kier molecular flexibility index (Phi) is 5.82. The Morgan fingerprint density at radius 3 is 2.00 bits per heavy atom. The molecule has 0 aromatic heterocycles. The summed E-state index contributed by atoms with van der Waals surface area (Å²) in [4.78, 5) is 2.39. The van der Waals surface area contributed by atoms with Crippen LogP contribution in [0.15, 0.2) is 48.5 Å². The largest absolute Gasteiger partial charge is 0.457 e. The predicted molar refractivity (Wildman–Crippen MR) is 90.3 cm³/mol. The fourth-order valence-corrected chi connectivity index (χ4v) is 2.36. The van der Waals surface area contributed by atoms with Gasteiger partial charge >= 0.3 is 0 Å². The smallest absolute Gasteiger partial charge is 0.127 e. The van der Waals surface area contributed by atoms with Crippen LogP contribution in [0.5, 0.6) is 11.5 Å². The minimum atomic E-state index is -0.258. The molecule has 3 heteroatoms. The number of hydrogen-bond donors (Lipinski definition) is 0. The standard InChI is InChI=1S/C19H24FNO/c1-4-5-14-21(15(2)3)17-8-12-19(13-9-17)22-18-10-6-16(20)7-11-18/h6-13,15H,4-5,14H2,1-3H3. The van der Waals surface area contributed by atoms with Crippen LogP contribution in [0, 0.1) is 5.82 Å².